The average molecular weight is 349 g/mol. The van der Waals surface area contributed by atoms with Crippen molar-refractivity contribution < 1.29 is 33.8 Å². The molecule has 0 aliphatic rings. The molecule has 3 N–H and O–H groups in total. The molecule has 0 bridgehead atoms. The summed E-state index contributed by atoms with van der Waals surface area (Å²) in [5, 5.41) is 20.2. The van der Waals surface area contributed by atoms with Gasteiger partial charge in [0.15, 0.2) is 0 Å². The molecule has 9 nitrogen and oxygen atoms in total. The monoisotopic (exact) mass is 349 g/mol. The predicted molar refractivity (Wildman–Crippen MR) is 84.6 cm³/mol. The molecular formula is C16H15NO8. The second-order valence-electron chi connectivity index (χ2n) is 5.19. The summed E-state index contributed by atoms with van der Waals surface area (Å²) in [6.45, 7) is 0. The van der Waals surface area contributed by atoms with Crippen LogP contribution in [-0.2, 0) is 20.8 Å². The van der Waals surface area contributed by atoms with E-state index in [1.165, 1.54) is 13.2 Å². The van der Waals surface area contributed by atoms with E-state index in [4.69, 9.17) is 19.4 Å². The summed E-state index contributed by atoms with van der Waals surface area (Å²) in [4.78, 5) is 45.4. The highest BCUT2D eigenvalue weighted by Gasteiger charge is 2.23. The SMILES string of the molecule is COc1ccc2c(CC(=O)N[C@@H](CC(=O)O)C(=O)O)cc(=O)oc2c1. The van der Waals surface area contributed by atoms with E-state index in [9.17, 15) is 19.2 Å². The van der Waals surface area contributed by atoms with Crippen LogP contribution in [0.15, 0.2) is 33.5 Å². The lowest BCUT2D eigenvalue weighted by molar-refractivity contribution is -0.147. The van der Waals surface area contributed by atoms with Gasteiger partial charge in [0.2, 0.25) is 5.91 Å². The van der Waals surface area contributed by atoms with Crippen molar-refractivity contribution in [2.24, 2.45) is 0 Å². The zero-order chi connectivity index (χ0) is 18.6. The van der Waals surface area contributed by atoms with Gasteiger partial charge in [0.25, 0.3) is 0 Å². The zero-order valence-electron chi connectivity index (χ0n) is 13.1. The fourth-order valence-electron chi connectivity index (χ4n) is 2.28. The van der Waals surface area contributed by atoms with Crippen molar-refractivity contribution in [2.45, 2.75) is 18.9 Å². The van der Waals surface area contributed by atoms with Crippen LogP contribution in [0.4, 0.5) is 0 Å². The van der Waals surface area contributed by atoms with Crippen LogP contribution in [-0.4, -0.2) is 41.2 Å². The number of amides is 1. The zero-order valence-corrected chi connectivity index (χ0v) is 13.1. The van der Waals surface area contributed by atoms with Crippen LogP contribution in [0.3, 0.4) is 0 Å². The minimum absolute atomic E-state index is 0.218. The lowest BCUT2D eigenvalue weighted by atomic mass is 10.1. The number of hydrogen-bond acceptors (Lipinski definition) is 6. The Morgan fingerprint density at radius 2 is 1.96 bits per heavy atom. The van der Waals surface area contributed by atoms with Crippen LogP contribution in [0.1, 0.15) is 12.0 Å². The van der Waals surface area contributed by atoms with Crippen molar-refractivity contribution >= 4 is 28.8 Å². The molecule has 1 aromatic heterocycles. The summed E-state index contributed by atoms with van der Waals surface area (Å²) in [5.41, 5.74) is -0.135. The van der Waals surface area contributed by atoms with E-state index in [1.54, 1.807) is 12.1 Å². The molecule has 132 valence electrons. The predicted octanol–water partition coefficient (Wildman–Crippen LogP) is 0.388. The Morgan fingerprint density at radius 1 is 1.24 bits per heavy atom. The standard InChI is InChI=1S/C16H15NO8/c1-24-9-2-3-10-8(5-15(21)25-12(10)6-9)4-13(18)17-11(16(22)23)7-14(19)20/h2-3,5-6,11H,4,7H2,1H3,(H,17,18)(H,19,20)(H,22,23)/t11-/m0/s1. The van der Waals surface area contributed by atoms with Gasteiger partial charge in [-0.15, -0.1) is 0 Å². The van der Waals surface area contributed by atoms with E-state index in [1.807, 2.05) is 0 Å². The Hall–Kier alpha value is -3.36. The molecule has 2 aromatic rings. The van der Waals surface area contributed by atoms with Crippen LogP contribution >= 0.6 is 0 Å². The maximum atomic E-state index is 12.1. The molecule has 1 aromatic carbocycles. The van der Waals surface area contributed by atoms with Gasteiger partial charge in [0.1, 0.15) is 17.4 Å². The fourth-order valence-corrected chi connectivity index (χ4v) is 2.28. The van der Waals surface area contributed by atoms with Gasteiger partial charge >= 0.3 is 17.6 Å². The van der Waals surface area contributed by atoms with Gasteiger partial charge in [-0.3, -0.25) is 9.59 Å². The van der Waals surface area contributed by atoms with E-state index >= 15 is 0 Å². The van der Waals surface area contributed by atoms with E-state index < -0.39 is 35.9 Å². The van der Waals surface area contributed by atoms with Gasteiger partial charge in [-0.25, -0.2) is 9.59 Å². The smallest absolute Gasteiger partial charge is 0.336 e. The third-order valence-corrected chi connectivity index (χ3v) is 3.40. The molecule has 1 amide bonds. The number of rotatable bonds is 7. The fraction of sp³-hybridized carbons (Fsp3) is 0.250. The molecule has 9 heteroatoms. The number of methoxy groups -OCH3 is 1. The summed E-state index contributed by atoms with van der Waals surface area (Å²) >= 11 is 0. The molecule has 1 atom stereocenters. The van der Waals surface area contributed by atoms with E-state index in [0.29, 0.717) is 16.7 Å². The van der Waals surface area contributed by atoms with E-state index in [0.717, 1.165) is 6.07 Å². The molecule has 0 spiro atoms. The number of carboxylic acid groups (broad SMARTS) is 2. The molecule has 0 fully saturated rings. The van der Waals surface area contributed by atoms with Crippen LogP contribution in [0.25, 0.3) is 11.0 Å². The number of carbonyl (C=O) groups excluding carboxylic acids is 1. The average Bonchev–Trinajstić information content (AvgIpc) is 2.52. The molecule has 0 unspecified atom stereocenters. The van der Waals surface area contributed by atoms with Gasteiger partial charge in [0.05, 0.1) is 20.0 Å². The van der Waals surface area contributed by atoms with Crippen LogP contribution in [0.2, 0.25) is 0 Å². The highest BCUT2D eigenvalue weighted by molar-refractivity contribution is 5.90. The molecule has 2 rings (SSSR count). The Labute approximate surface area is 140 Å². The molecule has 0 saturated heterocycles. The summed E-state index contributed by atoms with van der Waals surface area (Å²) < 4.78 is 10.1. The molecule has 0 aliphatic carbocycles. The Morgan fingerprint density at radius 3 is 2.56 bits per heavy atom. The Kier molecular flexibility index (Phi) is 5.38. The first-order valence-electron chi connectivity index (χ1n) is 7.15. The van der Waals surface area contributed by atoms with Crippen molar-refractivity contribution in [1.82, 2.24) is 5.32 Å². The maximum absolute atomic E-state index is 12.1. The molecule has 0 saturated carbocycles. The third-order valence-electron chi connectivity index (χ3n) is 3.40. The van der Waals surface area contributed by atoms with Crippen LogP contribution < -0.4 is 15.7 Å². The quantitative estimate of drug-likeness (QED) is 0.609. The number of aliphatic carboxylic acids is 2. The van der Waals surface area contributed by atoms with Crippen molar-refractivity contribution in [3.8, 4) is 5.75 Å². The minimum Gasteiger partial charge on any atom is -0.497 e. The first kappa shape index (κ1) is 18.0. The van der Waals surface area contributed by atoms with E-state index in [2.05, 4.69) is 5.32 Å². The number of benzene rings is 1. The molecule has 25 heavy (non-hydrogen) atoms. The summed E-state index contributed by atoms with van der Waals surface area (Å²) in [5.74, 6) is -3.08. The number of carboxylic acids is 2. The second kappa shape index (κ2) is 7.47. The number of ether oxygens (including phenoxy) is 1. The van der Waals surface area contributed by atoms with Crippen molar-refractivity contribution in [2.75, 3.05) is 7.11 Å². The molecular weight excluding hydrogens is 334 g/mol. The van der Waals surface area contributed by atoms with Gasteiger partial charge in [0, 0.05) is 17.5 Å². The highest BCUT2D eigenvalue weighted by Crippen LogP contribution is 2.22. The van der Waals surface area contributed by atoms with Crippen molar-refractivity contribution in [1.29, 1.82) is 0 Å². The highest BCUT2D eigenvalue weighted by atomic mass is 16.5. The van der Waals surface area contributed by atoms with E-state index in [-0.39, 0.29) is 12.0 Å². The van der Waals surface area contributed by atoms with Crippen molar-refractivity contribution in [3.63, 3.8) is 0 Å². The first-order chi connectivity index (χ1) is 11.8. The van der Waals surface area contributed by atoms with Gasteiger partial charge in [-0.2, -0.15) is 0 Å². The number of fused-ring (bicyclic) bond motifs is 1. The van der Waals surface area contributed by atoms with Gasteiger partial charge < -0.3 is 24.7 Å². The topological polar surface area (TPSA) is 143 Å². The Bertz CT molecular complexity index is 885. The lowest BCUT2D eigenvalue weighted by Crippen LogP contribution is -2.42. The summed E-state index contributed by atoms with van der Waals surface area (Å²) in [6, 6.07) is 4.28. The van der Waals surface area contributed by atoms with Gasteiger partial charge in [-0.1, -0.05) is 0 Å². The molecule has 0 aliphatic heterocycles. The normalized spacial score (nSPS) is 11.7. The van der Waals surface area contributed by atoms with Crippen LogP contribution in [0.5, 0.6) is 5.75 Å². The van der Waals surface area contributed by atoms with Crippen LogP contribution in [0, 0.1) is 0 Å². The Balaban J connectivity index is 2.27. The maximum Gasteiger partial charge on any atom is 0.336 e. The first-order valence-corrected chi connectivity index (χ1v) is 7.15. The molecule has 0 radical (unpaired) electrons. The van der Waals surface area contributed by atoms with Crippen molar-refractivity contribution in [3.05, 3.63) is 40.2 Å². The molecule has 1 heterocycles. The number of hydrogen-bond donors (Lipinski definition) is 3. The number of nitrogens with one attached hydrogen (secondary N) is 1. The number of carbonyl (C=O) groups is 3. The van der Waals surface area contributed by atoms with Gasteiger partial charge in [-0.05, 0) is 17.7 Å². The largest absolute Gasteiger partial charge is 0.497 e. The summed E-state index contributed by atoms with van der Waals surface area (Å²) in [7, 11) is 1.45. The summed E-state index contributed by atoms with van der Waals surface area (Å²) in [6.07, 6.45) is -1.06. The minimum atomic E-state index is -1.56. The third kappa shape index (κ3) is 4.56. The second-order valence-corrected chi connectivity index (χ2v) is 5.19. The lowest BCUT2D eigenvalue weighted by Gasteiger charge is -2.13.